The predicted octanol–water partition coefficient (Wildman–Crippen LogP) is 4.79. The van der Waals surface area contributed by atoms with Crippen LogP contribution < -0.4 is 0 Å². The van der Waals surface area contributed by atoms with E-state index in [2.05, 4.69) is 24.6 Å². The van der Waals surface area contributed by atoms with Crippen molar-refractivity contribution < 1.29 is 9.90 Å². The van der Waals surface area contributed by atoms with Crippen LogP contribution in [0, 0.1) is 12.8 Å². The van der Waals surface area contributed by atoms with Crippen LogP contribution in [0.4, 0.5) is 0 Å². The van der Waals surface area contributed by atoms with Crippen LogP contribution in [0.1, 0.15) is 61.0 Å². The van der Waals surface area contributed by atoms with E-state index in [-0.39, 0.29) is 0 Å². The first-order chi connectivity index (χ1) is 10.1. The Hall–Kier alpha value is -1.77. The lowest BCUT2D eigenvalue weighted by Crippen LogP contribution is -2.18. The summed E-state index contributed by atoms with van der Waals surface area (Å²) in [6.45, 7) is 4.38. The van der Waals surface area contributed by atoms with Gasteiger partial charge in [-0.2, -0.15) is 0 Å². The van der Waals surface area contributed by atoms with E-state index in [0.29, 0.717) is 17.5 Å². The van der Waals surface area contributed by atoms with Gasteiger partial charge in [-0.25, -0.2) is 4.79 Å². The molecule has 0 spiro atoms. The van der Waals surface area contributed by atoms with E-state index in [1.54, 1.807) is 6.07 Å². The molecule has 1 N–H and O–H groups in total. The summed E-state index contributed by atoms with van der Waals surface area (Å²) >= 11 is 0. The summed E-state index contributed by atoms with van der Waals surface area (Å²) < 4.78 is 2.30. The number of hydrogen-bond acceptors (Lipinski definition) is 1. The molecule has 3 rings (SSSR count). The molecule has 1 aliphatic rings. The summed E-state index contributed by atoms with van der Waals surface area (Å²) in [5, 5.41) is 10.4. The molecule has 0 bridgehead atoms. The fraction of sp³-hybridized carbons (Fsp3) is 0.500. The van der Waals surface area contributed by atoms with Gasteiger partial charge in [0, 0.05) is 23.1 Å². The number of carbonyl (C=O) groups is 1. The molecule has 21 heavy (non-hydrogen) atoms. The van der Waals surface area contributed by atoms with Crippen molar-refractivity contribution in [2.45, 2.75) is 52.0 Å². The van der Waals surface area contributed by atoms with Crippen LogP contribution in [-0.4, -0.2) is 15.6 Å². The Morgan fingerprint density at radius 3 is 2.67 bits per heavy atom. The van der Waals surface area contributed by atoms with Crippen molar-refractivity contribution in [2.24, 2.45) is 5.92 Å². The molecule has 0 saturated heterocycles. The van der Waals surface area contributed by atoms with E-state index in [1.807, 2.05) is 12.1 Å². The van der Waals surface area contributed by atoms with Gasteiger partial charge in [0.1, 0.15) is 0 Å². The average Bonchev–Trinajstić information content (AvgIpc) is 2.84. The van der Waals surface area contributed by atoms with E-state index >= 15 is 0 Å². The van der Waals surface area contributed by atoms with Crippen molar-refractivity contribution in [1.82, 2.24) is 4.57 Å². The van der Waals surface area contributed by atoms with Crippen molar-refractivity contribution in [1.29, 1.82) is 0 Å². The summed E-state index contributed by atoms with van der Waals surface area (Å²) in [5.74, 6) is -0.144. The molecule has 2 aromatic rings. The number of benzene rings is 1. The highest BCUT2D eigenvalue weighted by atomic mass is 16.4. The molecule has 1 fully saturated rings. The minimum Gasteiger partial charge on any atom is -0.478 e. The van der Waals surface area contributed by atoms with Crippen molar-refractivity contribution in [3.8, 4) is 0 Å². The van der Waals surface area contributed by atoms with Crippen LogP contribution in [0.5, 0.6) is 0 Å². The van der Waals surface area contributed by atoms with E-state index in [9.17, 15) is 9.90 Å². The lowest BCUT2D eigenvalue weighted by Gasteiger charge is -2.29. The number of hydrogen-bond donors (Lipinski definition) is 1. The van der Waals surface area contributed by atoms with Gasteiger partial charge in [-0.3, -0.25) is 0 Å². The van der Waals surface area contributed by atoms with Crippen LogP contribution >= 0.6 is 0 Å². The van der Waals surface area contributed by atoms with Crippen LogP contribution in [0.15, 0.2) is 24.4 Å². The second-order valence-electron chi connectivity index (χ2n) is 6.40. The molecular weight excluding hydrogens is 262 g/mol. The predicted molar refractivity (Wildman–Crippen MR) is 84.9 cm³/mol. The zero-order valence-corrected chi connectivity index (χ0v) is 12.8. The lowest BCUT2D eigenvalue weighted by molar-refractivity contribution is 0.0697. The molecule has 1 aromatic carbocycles. The van der Waals surface area contributed by atoms with Gasteiger partial charge in [-0.1, -0.05) is 25.3 Å². The van der Waals surface area contributed by atoms with Crippen LogP contribution in [-0.2, 0) is 0 Å². The third-order valence-corrected chi connectivity index (χ3v) is 5.05. The first-order valence-corrected chi connectivity index (χ1v) is 7.92. The topological polar surface area (TPSA) is 42.2 Å². The quantitative estimate of drug-likeness (QED) is 0.881. The zero-order chi connectivity index (χ0) is 15.0. The summed E-state index contributed by atoms with van der Waals surface area (Å²) in [4.78, 5) is 11.2. The average molecular weight is 285 g/mol. The van der Waals surface area contributed by atoms with E-state index in [0.717, 1.165) is 5.52 Å². The number of aromatic nitrogens is 1. The third kappa shape index (κ3) is 2.57. The van der Waals surface area contributed by atoms with E-state index in [1.165, 1.54) is 43.1 Å². The largest absolute Gasteiger partial charge is 0.478 e. The van der Waals surface area contributed by atoms with Gasteiger partial charge in [0.05, 0.1) is 5.56 Å². The monoisotopic (exact) mass is 285 g/mol. The number of carboxylic acid groups (broad SMARTS) is 1. The highest BCUT2D eigenvalue weighted by Crippen LogP contribution is 2.35. The summed E-state index contributed by atoms with van der Waals surface area (Å²) in [6.07, 6.45) is 8.78. The summed E-state index contributed by atoms with van der Waals surface area (Å²) in [5.41, 5.74) is 2.66. The Morgan fingerprint density at radius 1 is 1.29 bits per heavy atom. The second-order valence-corrected chi connectivity index (χ2v) is 6.40. The fourth-order valence-corrected chi connectivity index (χ4v) is 3.74. The van der Waals surface area contributed by atoms with Gasteiger partial charge in [0.2, 0.25) is 0 Å². The SMILES string of the molecule is Cc1cn(C(C)C2CCCCC2)c2cc(C(=O)O)ccc12. The minimum atomic E-state index is -0.854. The van der Waals surface area contributed by atoms with Gasteiger partial charge >= 0.3 is 5.97 Å². The van der Waals surface area contributed by atoms with Gasteiger partial charge in [-0.15, -0.1) is 0 Å². The molecule has 0 radical (unpaired) electrons. The highest BCUT2D eigenvalue weighted by molar-refractivity contribution is 5.94. The first kappa shape index (κ1) is 14.2. The Morgan fingerprint density at radius 2 is 2.00 bits per heavy atom. The summed E-state index contributed by atoms with van der Waals surface area (Å²) in [7, 11) is 0. The molecule has 112 valence electrons. The van der Waals surface area contributed by atoms with Gasteiger partial charge < -0.3 is 9.67 Å². The smallest absolute Gasteiger partial charge is 0.335 e. The number of fused-ring (bicyclic) bond motifs is 1. The fourth-order valence-electron chi connectivity index (χ4n) is 3.74. The Labute approximate surface area is 125 Å². The molecule has 1 aromatic heterocycles. The van der Waals surface area contributed by atoms with Gasteiger partial charge in [-0.05, 0) is 50.3 Å². The molecule has 0 amide bonds. The highest BCUT2D eigenvalue weighted by Gasteiger charge is 2.23. The number of rotatable bonds is 3. The molecular formula is C18H23NO2. The third-order valence-electron chi connectivity index (χ3n) is 5.05. The molecule has 1 saturated carbocycles. The zero-order valence-electron chi connectivity index (χ0n) is 12.8. The van der Waals surface area contributed by atoms with Gasteiger partial charge in [0.15, 0.2) is 0 Å². The normalized spacial score (nSPS) is 18.0. The van der Waals surface area contributed by atoms with Crippen molar-refractivity contribution in [3.63, 3.8) is 0 Å². The van der Waals surface area contributed by atoms with E-state index < -0.39 is 5.97 Å². The number of aryl methyl sites for hydroxylation is 1. The van der Waals surface area contributed by atoms with Crippen molar-refractivity contribution in [3.05, 3.63) is 35.5 Å². The molecule has 0 aliphatic heterocycles. The maximum atomic E-state index is 11.2. The van der Waals surface area contributed by atoms with Crippen molar-refractivity contribution >= 4 is 16.9 Å². The standard InChI is InChI=1S/C18H23NO2/c1-12-11-19(13(2)14-6-4-3-5-7-14)17-10-15(18(20)21)8-9-16(12)17/h8-11,13-14H,3-7H2,1-2H3,(H,20,21). The molecule has 1 unspecified atom stereocenters. The number of nitrogens with zero attached hydrogens (tertiary/aromatic N) is 1. The molecule has 1 atom stereocenters. The van der Waals surface area contributed by atoms with Crippen molar-refractivity contribution in [2.75, 3.05) is 0 Å². The van der Waals surface area contributed by atoms with E-state index in [4.69, 9.17) is 0 Å². The van der Waals surface area contributed by atoms with Gasteiger partial charge in [0.25, 0.3) is 0 Å². The first-order valence-electron chi connectivity index (χ1n) is 7.92. The summed E-state index contributed by atoms with van der Waals surface area (Å²) in [6, 6.07) is 5.90. The lowest BCUT2D eigenvalue weighted by atomic mass is 9.84. The Kier molecular flexibility index (Phi) is 3.75. The maximum absolute atomic E-state index is 11.2. The molecule has 1 heterocycles. The Bertz CT molecular complexity index is 665. The number of aromatic carboxylic acids is 1. The van der Waals surface area contributed by atoms with Crippen LogP contribution in [0.2, 0.25) is 0 Å². The van der Waals surface area contributed by atoms with Crippen LogP contribution in [0.25, 0.3) is 10.9 Å². The maximum Gasteiger partial charge on any atom is 0.335 e. The molecule has 1 aliphatic carbocycles. The Balaban J connectivity index is 2.04. The second kappa shape index (κ2) is 5.55. The number of carboxylic acids is 1. The minimum absolute atomic E-state index is 0.373. The molecule has 3 heteroatoms. The molecule has 3 nitrogen and oxygen atoms in total. The van der Waals surface area contributed by atoms with Crippen LogP contribution in [0.3, 0.4) is 0 Å².